The maximum atomic E-state index is 12.3. The highest BCUT2D eigenvalue weighted by molar-refractivity contribution is 7.17. The number of carbonyl (C=O) groups is 1. The fourth-order valence-electron chi connectivity index (χ4n) is 1.97. The first-order chi connectivity index (χ1) is 10.2. The van der Waals surface area contributed by atoms with E-state index in [1.165, 1.54) is 11.3 Å². The second-order valence-electron chi connectivity index (χ2n) is 4.56. The molecule has 0 aliphatic carbocycles. The van der Waals surface area contributed by atoms with Gasteiger partial charge in [-0.2, -0.15) is 0 Å². The fraction of sp³-hybridized carbons (Fsp3) is 0.125. The summed E-state index contributed by atoms with van der Waals surface area (Å²) in [5.74, 6) is -0.0550. The van der Waals surface area contributed by atoms with Gasteiger partial charge in [0.2, 0.25) is 0 Å². The number of rotatable bonds is 4. The first kappa shape index (κ1) is 14.0. The number of thiazole rings is 1. The van der Waals surface area contributed by atoms with Gasteiger partial charge in [0.15, 0.2) is 0 Å². The van der Waals surface area contributed by atoms with E-state index in [2.05, 4.69) is 10.3 Å². The molecule has 3 aromatic rings. The van der Waals surface area contributed by atoms with Gasteiger partial charge in [0.1, 0.15) is 9.88 Å². The quantitative estimate of drug-likeness (QED) is 0.787. The standard InChI is InChI=1S/C16H14N2OS2/c1-11-14(15(19)17-10-13-8-5-9-20-13)21-16(18-11)12-6-3-2-4-7-12/h2-9H,10H2,1H3,(H,17,19). The molecule has 1 aromatic carbocycles. The minimum absolute atomic E-state index is 0.0550. The van der Waals surface area contributed by atoms with Crippen LogP contribution in [0.5, 0.6) is 0 Å². The fourth-order valence-corrected chi connectivity index (χ4v) is 3.60. The largest absolute Gasteiger partial charge is 0.346 e. The summed E-state index contributed by atoms with van der Waals surface area (Å²) < 4.78 is 0. The minimum Gasteiger partial charge on any atom is -0.346 e. The average molecular weight is 314 g/mol. The third-order valence-corrected chi connectivity index (χ3v) is 5.11. The number of hydrogen-bond donors (Lipinski definition) is 1. The number of hydrogen-bond acceptors (Lipinski definition) is 4. The van der Waals surface area contributed by atoms with Crippen LogP contribution in [-0.4, -0.2) is 10.9 Å². The van der Waals surface area contributed by atoms with E-state index in [9.17, 15) is 4.79 Å². The van der Waals surface area contributed by atoms with Crippen LogP contribution >= 0.6 is 22.7 Å². The molecule has 0 unspecified atom stereocenters. The zero-order valence-electron chi connectivity index (χ0n) is 11.5. The van der Waals surface area contributed by atoms with Crippen molar-refractivity contribution in [2.45, 2.75) is 13.5 Å². The summed E-state index contributed by atoms with van der Waals surface area (Å²) in [5, 5.41) is 5.84. The molecule has 0 atom stereocenters. The SMILES string of the molecule is Cc1nc(-c2ccccc2)sc1C(=O)NCc1cccs1. The Bertz CT molecular complexity index is 733. The van der Waals surface area contributed by atoms with Gasteiger partial charge in [0, 0.05) is 10.4 Å². The van der Waals surface area contributed by atoms with E-state index in [4.69, 9.17) is 0 Å². The Balaban J connectivity index is 1.76. The minimum atomic E-state index is -0.0550. The van der Waals surface area contributed by atoms with E-state index in [0.717, 1.165) is 21.1 Å². The van der Waals surface area contributed by atoms with Gasteiger partial charge in [-0.05, 0) is 18.4 Å². The molecule has 0 fully saturated rings. The topological polar surface area (TPSA) is 42.0 Å². The number of aryl methyl sites for hydroxylation is 1. The molecule has 1 N–H and O–H groups in total. The number of amides is 1. The number of nitrogens with one attached hydrogen (secondary N) is 1. The molecule has 0 aliphatic heterocycles. The van der Waals surface area contributed by atoms with Gasteiger partial charge in [-0.15, -0.1) is 22.7 Å². The second-order valence-corrected chi connectivity index (χ2v) is 6.59. The summed E-state index contributed by atoms with van der Waals surface area (Å²) in [7, 11) is 0. The van der Waals surface area contributed by atoms with Crippen molar-refractivity contribution < 1.29 is 4.79 Å². The van der Waals surface area contributed by atoms with Crippen molar-refractivity contribution in [3.63, 3.8) is 0 Å². The highest BCUT2D eigenvalue weighted by Gasteiger charge is 2.15. The van der Waals surface area contributed by atoms with E-state index in [1.54, 1.807) is 11.3 Å². The summed E-state index contributed by atoms with van der Waals surface area (Å²) in [5.41, 5.74) is 1.82. The van der Waals surface area contributed by atoms with Crippen molar-refractivity contribution in [3.8, 4) is 10.6 Å². The molecule has 21 heavy (non-hydrogen) atoms. The summed E-state index contributed by atoms with van der Waals surface area (Å²) in [4.78, 5) is 18.6. The van der Waals surface area contributed by atoms with Crippen LogP contribution in [0.15, 0.2) is 47.8 Å². The lowest BCUT2D eigenvalue weighted by Gasteiger charge is -2.01. The molecule has 0 aliphatic rings. The predicted octanol–water partition coefficient (Wildman–Crippen LogP) is 4.11. The molecule has 3 nitrogen and oxygen atoms in total. The van der Waals surface area contributed by atoms with Crippen LogP contribution in [0.1, 0.15) is 20.2 Å². The molecule has 2 aromatic heterocycles. The molecule has 2 heterocycles. The van der Waals surface area contributed by atoms with E-state index >= 15 is 0 Å². The highest BCUT2D eigenvalue weighted by atomic mass is 32.1. The van der Waals surface area contributed by atoms with Crippen LogP contribution in [0, 0.1) is 6.92 Å². The monoisotopic (exact) mass is 314 g/mol. The van der Waals surface area contributed by atoms with Crippen LogP contribution in [0.3, 0.4) is 0 Å². The number of nitrogens with zero attached hydrogens (tertiary/aromatic N) is 1. The van der Waals surface area contributed by atoms with Gasteiger partial charge < -0.3 is 5.32 Å². The lowest BCUT2D eigenvalue weighted by Crippen LogP contribution is -2.22. The molecule has 0 spiro atoms. The molecule has 106 valence electrons. The van der Waals surface area contributed by atoms with E-state index in [-0.39, 0.29) is 5.91 Å². The zero-order chi connectivity index (χ0) is 14.7. The van der Waals surface area contributed by atoms with Gasteiger partial charge in [0.05, 0.1) is 12.2 Å². The average Bonchev–Trinajstić information content (AvgIpc) is 3.15. The maximum Gasteiger partial charge on any atom is 0.263 e. The summed E-state index contributed by atoms with van der Waals surface area (Å²) in [6, 6.07) is 13.9. The Morgan fingerprint density at radius 2 is 2.00 bits per heavy atom. The Morgan fingerprint density at radius 3 is 2.71 bits per heavy atom. The van der Waals surface area contributed by atoms with Crippen molar-refractivity contribution in [2.24, 2.45) is 0 Å². The van der Waals surface area contributed by atoms with Crippen LogP contribution in [0.2, 0.25) is 0 Å². The molecule has 5 heteroatoms. The van der Waals surface area contributed by atoms with Gasteiger partial charge in [-0.3, -0.25) is 4.79 Å². The van der Waals surface area contributed by atoms with Crippen molar-refractivity contribution in [3.05, 3.63) is 63.3 Å². The smallest absolute Gasteiger partial charge is 0.263 e. The third kappa shape index (κ3) is 3.20. The zero-order valence-corrected chi connectivity index (χ0v) is 13.1. The molecule has 0 saturated carbocycles. The molecule has 3 rings (SSSR count). The number of thiophene rings is 1. The maximum absolute atomic E-state index is 12.3. The van der Waals surface area contributed by atoms with Crippen molar-refractivity contribution in [2.75, 3.05) is 0 Å². The highest BCUT2D eigenvalue weighted by Crippen LogP contribution is 2.27. The lowest BCUT2D eigenvalue weighted by molar-refractivity contribution is 0.0954. The van der Waals surface area contributed by atoms with Crippen LogP contribution in [0.4, 0.5) is 0 Å². The first-order valence-corrected chi connectivity index (χ1v) is 8.27. The second kappa shape index (κ2) is 6.20. The van der Waals surface area contributed by atoms with Gasteiger partial charge in [0.25, 0.3) is 5.91 Å². The Morgan fingerprint density at radius 1 is 1.19 bits per heavy atom. The van der Waals surface area contributed by atoms with Gasteiger partial charge >= 0.3 is 0 Å². The normalized spacial score (nSPS) is 10.5. The summed E-state index contributed by atoms with van der Waals surface area (Å²) in [6.07, 6.45) is 0. The molecular weight excluding hydrogens is 300 g/mol. The van der Waals surface area contributed by atoms with E-state index in [1.807, 2.05) is 54.8 Å². The molecule has 0 radical (unpaired) electrons. The van der Waals surface area contributed by atoms with E-state index in [0.29, 0.717) is 11.4 Å². The predicted molar refractivity (Wildman–Crippen MR) is 87.8 cm³/mol. The lowest BCUT2D eigenvalue weighted by atomic mass is 10.2. The number of benzene rings is 1. The summed E-state index contributed by atoms with van der Waals surface area (Å²) >= 11 is 3.08. The van der Waals surface area contributed by atoms with Gasteiger partial charge in [-0.25, -0.2) is 4.98 Å². The van der Waals surface area contributed by atoms with Crippen LogP contribution < -0.4 is 5.32 Å². The van der Waals surface area contributed by atoms with Crippen molar-refractivity contribution >= 4 is 28.6 Å². The number of carbonyl (C=O) groups excluding carboxylic acids is 1. The molecular formula is C16H14N2OS2. The van der Waals surface area contributed by atoms with E-state index < -0.39 is 0 Å². The Kier molecular flexibility index (Phi) is 4.13. The number of aromatic nitrogens is 1. The van der Waals surface area contributed by atoms with Crippen molar-refractivity contribution in [1.29, 1.82) is 0 Å². The van der Waals surface area contributed by atoms with Crippen molar-refractivity contribution in [1.82, 2.24) is 10.3 Å². The molecule has 0 bridgehead atoms. The van der Waals surface area contributed by atoms with Crippen LogP contribution in [-0.2, 0) is 6.54 Å². The first-order valence-electron chi connectivity index (χ1n) is 6.57. The van der Waals surface area contributed by atoms with Crippen LogP contribution in [0.25, 0.3) is 10.6 Å². The van der Waals surface area contributed by atoms with Gasteiger partial charge in [-0.1, -0.05) is 36.4 Å². The molecule has 1 amide bonds. The Hall–Kier alpha value is -1.98. The Labute approximate surface area is 131 Å². The summed E-state index contributed by atoms with van der Waals surface area (Å²) in [6.45, 7) is 2.44. The molecule has 0 saturated heterocycles. The third-order valence-electron chi connectivity index (χ3n) is 3.03.